The van der Waals surface area contributed by atoms with Crippen molar-refractivity contribution in [2.24, 2.45) is 0 Å². The molecular formula is C11H17N3O. The van der Waals surface area contributed by atoms with Crippen LogP contribution in [0.1, 0.15) is 18.4 Å². The van der Waals surface area contributed by atoms with Gasteiger partial charge in [-0.1, -0.05) is 6.92 Å². The van der Waals surface area contributed by atoms with Crippen molar-refractivity contribution in [1.82, 2.24) is 10.2 Å². The molecule has 0 atom stereocenters. The Morgan fingerprint density at radius 2 is 2.33 bits per heavy atom. The lowest BCUT2D eigenvalue weighted by atomic mass is 10.4. The topological polar surface area (TPSA) is 52.2 Å². The molecule has 15 heavy (non-hydrogen) atoms. The van der Waals surface area contributed by atoms with E-state index in [2.05, 4.69) is 24.2 Å². The van der Waals surface area contributed by atoms with Crippen LogP contribution in [0.2, 0.25) is 0 Å². The Bertz CT molecular complexity index is 327. The van der Waals surface area contributed by atoms with Crippen LogP contribution in [-0.2, 0) is 6.54 Å². The summed E-state index contributed by atoms with van der Waals surface area (Å²) in [4.78, 5) is 2.23. The normalized spacial score (nSPS) is 10.5. The Balaban J connectivity index is 2.18. The fraction of sp³-hybridized carbons (Fsp3) is 0.545. The van der Waals surface area contributed by atoms with Crippen molar-refractivity contribution in [1.29, 1.82) is 5.26 Å². The van der Waals surface area contributed by atoms with E-state index in [0.717, 1.165) is 25.4 Å². The molecule has 0 aromatic carbocycles. The SMILES string of the molecule is CCN(C)CCNCc1ccc(C#N)o1. The molecule has 0 aliphatic carbocycles. The maximum absolute atomic E-state index is 8.56. The standard InChI is InChI=1S/C11H17N3O/c1-3-14(2)7-6-13-9-11-5-4-10(8-12)15-11/h4-5,13H,3,6-7,9H2,1-2H3. The van der Waals surface area contributed by atoms with Gasteiger partial charge in [0, 0.05) is 13.1 Å². The van der Waals surface area contributed by atoms with Gasteiger partial charge in [0.05, 0.1) is 6.54 Å². The van der Waals surface area contributed by atoms with E-state index in [1.54, 1.807) is 6.07 Å². The molecule has 1 N–H and O–H groups in total. The van der Waals surface area contributed by atoms with E-state index in [1.165, 1.54) is 0 Å². The lowest BCUT2D eigenvalue weighted by Crippen LogP contribution is -2.28. The van der Waals surface area contributed by atoms with Crippen molar-refractivity contribution >= 4 is 0 Å². The van der Waals surface area contributed by atoms with Crippen LogP contribution < -0.4 is 5.32 Å². The van der Waals surface area contributed by atoms with E-state index in [9.17, 15) is 0 Å². The van der Waals surface area contributed by atoms with Crippen LogP contribution in [-0.4, -0.2) is 31.6 Å². The summed E-state index contributed by atoms with van der Waals surface area (Å²) in [6.45, 7) is 5.81. The molecule has 0 radical (unpaired) electrons. The summed E-state index contributed by atoms with van der Waals surface area (Å²) in [6, 6.07) is 5.48. The van der Waals surface area contributed by atoms with Gasteiger partial charge in [-0.3, -0.25) is 0 Å². The predicted molar refractivity (Wildman–Crippen MR) is 58.3 cm³/mol. The first-order valence-corrected chi connectivity index (χ1v) is 5.14. The molecule has 82 valence electrons. The average molecular weight is 207 g/mol. The number of hydrogen-bond acceptors (Lipinski definition) is 4. The van der Waals surface area contributed by atoms with Gasteiger partial charge in [0.25, 0.3) is 0 Å². The van der Waals surface area contributed by atoms with Gasteiger partial charge in [0.2, 0.25) is 5.76 Å². The fourth-order valence-electron chi connectivity index (χ4n) is 1.17. The van der Waals surface area contributed by atoms with E-state index in [1.807, 2.05) is 12.1 Å². The highest BCUT2D eigenvalue weighted by Gasteiger charge is 2.00. The van der Waals surface area contributed by atoms with Crippen molar-refractivity contribution in [3.8, 4) is 6.07 Å². The first-order valence-electron chi connectivity index (χ1n) is 5.14. The van der Waals surface area contributed by atoms with Crippen molar-refractivity contribution < 1.29 is 4.42 Å². The highest BCUT2D eigenvalue weighted by atomic mass is 16.3. The second-order valence-electron chi connectivity index (χ2n) is 3.45. The number of furan rings is 1. The molecule has 0 saturated carbocycles. The van der Waals surface area contributed by atoms with Crippen LogP contribution in [0, 0.1) is 11.3 Å². The molecule has 0 unspecified atom stereocenters. The van der Waals surface area contributed by atoms with Gasteiger partial charge >= 0.3 is 0 Å². The van der Waals surface area contributed by atoms with Crippen molar-refractivity contribution in [2.75, 3.05) is 26.7 Å². The van der Waals surface area contributed by atoms with E-state index in [-0.39, 0.29) is 0 Å². The van der Waals surface area contributed by atoms with Crippen LogP contribution in [0.4, 0.5) is 0 Å². The lowest BCUT2D eigenvalue weighted by Gasteiger charge is -2.13. The van der Waals surface area contributed by atoms with Gasteiger partial charge in [-0.15, -0.1) is 0 Å². The minimum absolute atomic E-state index is 0.373. The molecule has 0 aliphatic heterocycles. The number of hydrogen-bond donors (Lipinski definition) is 1. The second-order valence-corrected chi connectivity index (χ2v) is 3.45. The Hall–Kier alpha value is -1.31. The van der Waals surface area contributed by atoms with Crippen molar-refractivity contribution in [3.63, 3.8) is 0 Å². The molecule has 0 aliphatic rings. The Labute approximate surface area is 90.5 Å². The summed E-state index contributed by atoms with van der Waals surface area (Å²) in [5.41, 5.74) is 0. The second kappa shape index (κ2) is 6.23. The maximum atomic E-state index is 8.56. The monoisotopic (exact) mass is 207 g/mol. The van der Waals surface area contributed by atoms with Crippen molar-refractivity contribution in [3.05, 3.63) is 23.7 Å². The van der Waals surface area contributed by atoms with E-state index >= 15 is 0 Å². The molecular weight excluding hydrogens is 190 g/mol. The maximum Gasteiger partial charge on any atom is 0.203 e. The van der Waals surface area contributed by atoms with E-state index in [0.29, 0.717) is 12.3 Å². The molecule has 1 aromatic heterocycles. The van der Waals surface area contributed by atoms with Crippen LogP contribution in [0.5, 0.6) is 0 Å². The Morgan fingerprint density at radius 1 is 1.53 bits per heavy atom. The van der Waals surface area contributed by atoms with Gasteiger partial charge in [0.1, 0.15) is 11.8 Å². The first kappa shape index (κ1) is 11.8. The fourth-order valence-corrected chi connectivity index (χ4v) is 1.17. The highest BCUT2D eigenvalue weighted by molar-refractivity contribution is 5.18. The predicted octanol–water partition coefficient (Wildman–Crippen LogP) is 1.19. The van der Waals surface area contributed by atoms with Crippen LogP contribution >= 0.6 is 0 Å². The summed E-state index contributed by atoms with van der Waals surface area (Å²) < 4.78 is 5.23. The van der Waals surface area contributed by atoms with Crippen LogP contribution in [0.25, 0.3) is 0 Å². The summed E-state index contributed by atoms with van der Waals surface area (Å²) in [6.07, 6.45) is 0. The molecule has 0 amide bonds. The highest BCUT2D eigenvalue weighted by Crippen LogP contribution is 2.05. The quantitative estimate of drug-likeness (QED) is 0.712. The smallest absolute Gasteiger partial charge is 0.203 e. The molecule has 0 fully saturated rings. The third-order valence-electron chi connectivity index (χ3n) is 2.28. The average Bonchev–Trinajstić information content (AvgIpc) is 2.72. The Morgan fingerprint density at radius 3 is 2.93 bits per heavy atom. The molecule has 1 heterocycles. The zero-order chi connectivity index (χ0) is 11.1. The van der Waals surface area contributed by atoms with Gasteiger partial charge in [0.15, 0.2) is 0 Å². The van der Waals surface area contributed by atoms with Gasteiger partial charge in [-0.05, 0) is 25.7 Å². The first-order chi connectivity index (χ1) is 7.26. The third-order valence-corrected chi connectivity index (χ3v) is 2.28. The lowest BCUT2D eigenvalue weighted by molar-refractivity contribution is 0.345. The van der Waals surface area contributed by atoms with Crippen molar-refractivity contribution in [2.45, 2.75) is 13.5 Å². The van der Waals surface area contributed by atoms with Gasteiger partial charge in [-0.25, -0.2) is 0 Å². The van der Waals surface area contributed by atoms with E-state index in [4.69, 9.17) is 9.68 Å². The third kappa shape index (κ3) is 4.15. The van der Waals surface area contributed by atoms with Gasteiger partial charge < -0.3 is 14.6 Å². The van der Waals surface area contributed by atoms with Crippen LogP contribution in [0.3, 0.4) is 0 Å². The molecule has 4 nitrogen and oxygen atoms in total. The number of rotatable bonds is 6. The molecule has 0 saturated heterocycles. The minimum atomic E-state index is 0.373. The molecule has 1 aromatic rings. The number of nitrogens with zero attached hydrogens (tertiary/aromatic N) is 2. The molecule has 4 heteroatoms. The zero-order valence-electron chi connectivity index (χ0n) is 9.29. The van der Waals surface area contributed by atoms with Gasteiger partial charge in [-0.2, -0.15) is 5.26 Å². The zero-order valence-corrected chi connectivity index (χ0v) is 9.29. The minimum Gasteiger partial charge on any atom is -0.449 e. The van der Waals surface area contributed by atoms with E-state index < -0.39 is 0 Å². The molecule has 1 rings (SSSR count). The molecule has 0 spiro atoms. The summed E-state index contributed by atoms with van der Waals surface area (Å²) in [7, 11) is 2.09. The number of nitriles is 1. The number of likely N-dealkylation sites (N-methyl/N-ethyl adjacent to an activating group) is 1. The largest absolute Gasteiger partial charge is 0.449 e. The Kier molecular flexibility index (Phi) is 4.88. The summed E-state index contributed by atoms with van der Waals surface area (Å²) in [5, 5.41) is 11.8. The summed E-state index contributed by atoms with van der Waals surface area (Å²) >= 11 is 0. The summed E-state index contributed by atoms with van der Waals surface area (Å²) in [5.74, 6) is 1.18. The number of nitrogens with one attached hydrogen (secondary N) is 1. The molecule has 0 bridgehead atoms. The van der Waals surface area contributed by atoms with Crippen LogP contribution in [0.15, 0.2) is 16.5 Å².